The third kappa shape index (κ3) is 5.20. The zero-order valence-electron chi connectivity index (χ0n) is 16.8. The van der Waals surface area contributed by atoms with Gasteiger partial charge in [0.15, 0.2) is 0 Å². The molecule has 0 fully saturated rings. The molecule has 2 aromatic carbocycles. The molecule has 0 N–H and O–H groups in total. The van der Waals surface area contributed by atoms with E-state index < -0.39 is 63.9 Å². The maximum absolute atomic E-state index is 14.2. The van der Waals surface area contributed by atoms with E-state index in [-0.39, 0.29) is 59.1 Å². The van der Waals surface area contributed by atoms with Crippen LogP contribution in [0.25, 0.3) is 0 Å². The molecule has 0 radical (unpaired) electrons. The molecule has 0 aromatic heterocycles. The fourth-order valence-electron chi connectivity index (χ4n) is 2.54. The van der Waals surface area contributed by atoms with Crippen LogP contribution < -0.4 is 78.8 Å². The average Bonchev–Trinajstić information content (AvgIpc) is 2.79. The Balaban J connectivity index is 0.00000272. The van der Waals surface area contributed by atoms with Gasteiger partial charge in [0.2, 0.25) is 11.5 Å². The number of rotatable bonds is 6. The summed E-state index contributed by atoms with van der Waals surface area (Å²) in [5, 5.41) is 21.4. The number of hydrogen-bond donors (Lipinski definition) is 0. The quantitative estimate of drug-likeness (QED) is 0.302. The summed E-state index contributed by atoms with van der Waals surface area (Å²) in [7, 11) is 0. The molecule has 0 saturated carbocycles. The van der Waals surface area contributed by atoms with Gasteiger partial charge in [0.25, 0.3) is 0 Å². The molecule has 0 bridgehead atoms. The van der Waals surface area contributed by atoms with Crippen molar-refractivity contribution in [3.63, 3.8) is 0 Å². The number of carbonyl (C=O) groups is 2. The minimum atomic E-state index is -5.93. The Morgan fingerprint density at radius 2 is 0.879 bits per heavy atom. The number of aromatic carboxylic acids is 2. The molecule has 3 rings (SSSR count). The van der Waals surface area contributed by atoms with Crippen LogP contribution in [0, 0.1) is 0 Å². The van der Waals surface area contributed by atoms with Gasteiger partial charge in [-0.3, -0.25) is 0 Å². The number of halogens is 6. The van der Waals surface area contributed by atoms with Crippen LogP contribution in [0.15, 0.2) is 60.0 Å². The van der Waals surface area contributed by atoms with Crippen LogP contribution in [0.5, 0.6) is 11.5 Å². The average molecular weight is 492 g/mol. The molecular formula is C19H8F6Na2O6. The van der Waals surface area contributed by atoms with Crippen LogP contribution >= 0.6 is 0 Å². The second-order valence-electron chi connectivity index (χ2n) is 6.21. The Morgan fingerprint density at radius 3 is 1.12 bits per heavy atom. The second-order valence-corrected chi connectivity index (χ2v) is 6.21. The molecule has 2 aromatic rings. The molecule has 0 atom stereocenters. The standard InChI is InChI=1S/C19H10F6O6.2Na/c20-17(21)13(30-11-5-1-9(2-6-11)15(26)27)14(18(22,23)19(17,24)25)31-12-7-3-10(4-8-12)16(28)29;;/h1-8H,(H,26,27)(H,28,29);;/q;2*+1/p-2. The van der Waals surface area contributed by atoms with Crippen LogP contribution in [0.4, 0.5) is 26.3 Å². The van der Waals surface area contributed by atoms with Gasteiger partial charge >= 0.3 is 76.9 Å². The Kier molecular flexibility index (Phi) is 9.14. The van der Waals surface area contributed by atoms with E-state index in [1.807, 2.05) is 0 Å². The zero-order valence-corrected chi connectivity index (χ0v) is 20.8. The summed E-state index contributed by atoms with van der Waals surface area (Å²) in [6.07, 6.45) is 0. The molecule has 1 aliphatic rings. The molecule has 1 aliphatic carbocycles. The van der Waals surface area contributed by atoms with Gasteiger partial charge in [0, 0.05) is 0 Å². The van der Waals surface area contributed by atoms with Crippen LogP contribution in [-0.2, 0) is 0 Å². The van der Waals surface area contributed by atoms with Gasteiger partial charge in [-0.15, -0.1) is 0 Å². The number of alkyl halides is 6. The van der Waals surface area contributed by atoms with Crippen molar-refractivity contribution in [2.75, 3.05) is 0 Å². The molecule has 6 nitrogen and oxygen atoms in total. The molecule has 0 unspecified atom stereocenters. The van der Waals surface area contributed by atoms with E-state index in [9.17, 15) is 46.1 Å². The van der Waals surface area contributed by atoms with Crippen molar-refractivity contribution in [1.29, 1.82) is 0 Å². The Labute approximate surface area is 225 Å². The van der Waals surface area contributed by atoms with Crippen LogP contribution in [-0.4, -0.2) is 29.7 Å². The van der Waals surface area contributed by atoms with Gasteiger partial charge in [-0.25, -0.2) is 0 Å². The summed E-state index contributed by atoms with van der Waals surface area (Å²) in [6, 6.07) is 6.29. The van der Waals surface area contributed by atoms with Gasteiger partial charge in [-0.2, -0.15) is 26.3 Å². The molecular weight excluding hydrogens is 484 g/mol. The molecule has 0 heterocycles. The minimum Gasteiger partial charge on any atom is -0.545 e. The summed E-state index contributed by atoms with van der Waals surface area (Å²) in [5.41, 5.74) is -0.834. The van der Waals surface area contributed by atoms with Crippen molar-refractivity contribution in [3.05, 3.63) is 71.2 Å². The predicted molar refractivity (Wildman–Crippen MR) is 84.7 cm³/mol. The minimum absolute atomic E-state index is 0. The largest absolute Gasteiger partial charge is 1.00 e. The van der Waals surface area contributed by atoms with E-state index >= 15 is 0 Å². The number of carboxylic acids is 2. The normalized spacial score (nSPS) is 17.4. The van der Waals surface area contributed by atoms with Crippen LogP contribution in [0.3, 0.4) is 0 Å². The number of hydrogen-bond acceptors (Lipinski definition) is 6. The number of carbonyl (C=O) groups excluding carboxylic acids is 2. The fraction of sp³-hybridized carbons (Fsp3) is 0.158. The van der Waals surface area contributed by atoms with Gasteiger partial charge in [0.05, 0.1) is 11.9 Å². The number of ether oxygens (including phenoxy) is 2. The fourth-order valence-corrected chi connectivity index (χ4v) is 2.54. The summed E-state index contributed by atoms with van der Waals surface area (Å²) in [6.45, 7) is 0. The van der Waals surface area contributed by atoms with E-state index in [1.54, 1.807) is 0 Å². The second kappa shape index (κ2) is 10.3. The smallest absolute Gasteiger partial charge is 0.545 e. The monoisotopic (exact) mass is 492 g/mol. The van der Waals surface area contributed by atoms with E-state index in [2.05, 4.69) is 9.47 Å². The molecule has 164 valence electrons. The first-order chi connectivity index (χ1) is 14.3. The topological polar surface area (TPSA) is 98.7 Å². The molecule has 0 aliphatic heterocycles. The van der Waals surface area contributed by atoms with Crippen LogP contribution in [0.1, 0.15) is 20.7 Å². The number of allylic oxidation sites excluding steroid dienone is 2. The molecule has 0 spiro atoms. The van der Waals surface area contributed by atoms with Crippen molar-refractivity contribution < 1.29 is 115 Å². The van der Waals surface area contributed by atoms with Gasteiger partial charge in [0.1, 0.15) is 11.5 Å². The van der Waals surface area contributed by atoms with Gasteiger partial charge in [-0.1, -0.05) is 0 Å². The van der Waals surface area contributed by atoms with Gasteiger partial charge in [-0.05, 0) is 59.7 Å². The van der Waals surface area contributed by atoms with E-state index in [0.717, 1.165) is 48.5 Å². The summed E-state index contributed by atoms with van der Waals surface area (Å²) < 4.78 is 93.7. The van der Waals surface area contributed by atoms with Crippen molar-refractivity contribution in [2.24, 2.45) is 0 Å². The van der Waals surface area contributed by atoms with Crippen molar-refractivity contribution in [2.45, 2.75) is 17.8 Å². The van der Waals surface area contributed by atoms with Gasteiger partial charge < -0.3 is 29.3 Å². The Hall–Kier alpha value is -1.70. The van der Waals surface area contributed by atoms with Crippen LogP contribution in [0.2, 0.25) is 0 Å². The van der Waals surface area contributed by atoms with Crippen molar-refractivity contribution in [3.8, 4) is 11.5 Å². The summed E-state index contributed by atoms with van der Waals surface area (Å²) >= 11 is 0. The number of benzene rings is 2. The number of carboxylic acid groups (broad SMARTS) is 2. The Morgan fingerprint density at radius 1 is 0.606 bits per heavy atom. The molecule has 0 saturated heterocycles. The van der Waals surface area contributed by atoms with E-state index in [4.69, 9.17) is 0 Å². The Bertz CT molecular complexity index is 988. The van der Waals surface area contributed by atoms with Crippen molar-refractivity contribution in [1.82, 2.24) is 0 Å². The third-order valence-corrected chi connectivity index (χ3v) is 4.19. The first-order valence-electron chi connectivity index (χ1n) is 8.16. The molecule has 0 amide bonds. The summed E-state index contributed by atoms with van der Waals surface area (Å²) in [5.74, 6) is -26.0. The van der Waals surface area contributed by atoms with Crippen molar-refractivity contribution >= 4 is 11.9 Å². The maximum atomic E-state index is 14.2. The predicted octanol–water partition coefficient (Wildman–Crippen LogP) is -3.99. The third-order valence-electron chi connectivity index (χ3n) is 4.19. The van der Waals surface area contributed by atoms with E-state index in [1.165, 1.54) is 0 Å². The molecule has 33 heavy (non-hydrogen) atoms. The zero-order chi connectivity index (χ0) is 23.2. The maximum Gasteiger partial charge on any atom is 1.00 e. The van der Waals surface area contributed by atoms with E-state index in [0.29, 0.717) is 0 Å². The SMILES string of the molecule is O=C([O-])c1ccc(OC2=C(Oc3ccc(C(=O)[O-])cc3)C(F)(F)C(F)(F)C2(F)F)cc1.[Na+].[Na+]. The first-order valence-corrected chi connectivity index (χ1v) is 8.16. The summed E-state index contributed by atoms with van der Waals surface area (Å²) in [4.78, 5) is 21.4. The molecule has 14 heteroatoms. The first kappa shape index (κ1) is 29.3.